The predicted octanol–water partition coefficient (Wildman–Crippen LogP) is 1.61. The van der Waals surface area contributed by atoms with E-state index in [2.05, 4.69) is 15.6 Å². The number of hydrogen-bond donors (Lipinski definition) is 1. The summed E-state index contributed by atoms with van der Waals surface area (Å²) in [6, 6.07) is 16.2. The maximum absolute atomic E-state index is 12.8. The van der Waals surface area contributed by atoms with Gasteiger partial charge in [-0.05, 0) is 24.6 Å². The molecule has 2 amide bonds. The van der Waals surface area contributed by atoms with Gasteiger partial charge < -0.3 is 14.6 Å². The zero-order valence-corrected chi connectivity index (χ0v) is 18.0. The Morgan fingerprint density at radius 3 is 2.70 bits per heavy atom. The molecular weight excluding hydrogens is 424 g/mol. The van der Waals surface area contributed by atoms with Gasteiger partial charge in [-0.2, -0.15) is 0 Å². The Morgan fingerprint density at radius 2 is 1.88 bits per heavy atom. The van der Waals surface area contributed by atoms with Crippen LogP contribution < -0.4 is 11.1 Å². The minimum Gasteiger partial charge on any atom is -0.408 e. The normalized spacial score (nSPS) is 15.6. The van der Waals surface area contributed by atoms with Gasteiger partial charge in [0.25, 0.3) is 0 Å². The number of nitrogens with zero attached hydrogens (tertiary/aromatic N) is 5. The average molecular weight is 446 g/mol. The summed E-state index contributed by atoms with van der Waals surface area (Å²) < 4.78 is 8.07. The van der Waals surface area contributed by atoms with Gasteiger partial charge in [0.15, 0.2) is 5.58 Å². The highest BCUT2D eigenvalue weighted by Gasteiger charge is 2.33. The molecule has 10 heteroatoms. The Labute approximate surface area is 188 Å². The van der Waals surface area contributed by atoms with Crippen molar-refractivity contribution in [3.63, 3.8) is 0 Å². The molecule has 33 heavy (non-hydrogen) atoms. The van der Waals surface area contributed by atoms with Crippen LogP contribution in [-0.2, 0) is 35.8 Å². The molecule has 2 aromatic carbocycles. The second-order valence-corrected chi connectivity index (χ2v) is 7.98. The Balaban J connectivity index is 1.29. The average Bonchev–Trinajstić information content (AvgIpc) is 3.37. The van der Waals surface area contributed by atoms with Crippen molar-refractivity contribution >= 4 is 22.9 Å². The second-order valence-electron chi connectivity index (χ2n) is 7.98. The van der Waals surface area contributed by atoms with Gasteiger partial charge in [-0.15, -0.1) is 5.10 Å². The first-order valence-electron chi connectivity index (χ1n) is 10.6. The highest BCUT2D eigenvalue weighted by molar-refractivity contribution is 5.81. The van der Waals surface area contributed by atoms with Gasteiger partial charge in [-0.1, -0.05) is 47.7 Å². The highest BCUT2D eigenvalue weighted by Crippen LogP contribution is 2.24. The third kappa shape index (κ3) is 3.91. The van der Waals surface area contributed by atoms with Crippen molar-refractivity contribution in [2.24, 2.45) is 0 Å². The van der Waals surface area contributed by atoms with Crippen molar-refractivity contribution < 1.29 is 14.0 Å². The van der Waals surface area contributed by atoms with E-state index in [1.54, 1.807) is 40.8 Å². The monoisotopic (exact) mass is 446 g/mol. The number of aromatic nitrogens is 4. The molecule has 1 unspecified atom stereocenters. The van der Waals surface area contributed by atoms with Crippen LogP contribution in [0.5, 0.6) is 0 Å². The van der Waals surface area contributed by atoms with Crippen molar-refractivity contribution in [1.29, 1.82) is 0 Å². The highest BCUT2D eigenvalue weighted by atomic mass is 16.4. The van der Waals surface area contributed by atoms with Gasteiger partial charge >= 0.3 is 5.76 Å². The molecule has 0 spiro atoms. The number of rotatable bonds is 6. The van der Waals surface area contributed by atoms with Crippen LogP contribution in [0.1, 0.15) is 29.9 Å². The molecule has 5 rings (SSSR count). The minimum atomic E-state index is -0.587. The molecule has 0 saturated heterocycles. The Kier molecular flexibility index (Phi) is 5.25. The van der Waals surface area contributed by atoms with Gasteiger partial charge in [0, 0.05) is 6.54 Å². The standard InChI is InChI=1S/C23H22N6O4/c1-15-22(31)27(12-16-7-3-2-4-8-16)13-19-17(25-26-29(15)19)11-24-21(30)14-28-18-9-5-6-10-20(18)33-23(28)32/h2-10,15H,11-14H2,1H3,(H,24,30). The summed E-state index contributed by atoms with van der Waals surface area (Å²) in [5.41, 5.74) is 3.39. The van der Waals surface area contributed by atoms with Crippen LogP contribution >= 0.6 is 0 Å². The van der Waals surface area contributed by atoms with Crippen LogP contribution in [0.4, 0.5) is 0 Å². The fourth-order valence-corrected chi connectivity index (χ4v) is 4.07. The zero-order valence-electron chi connectivity index (χ0n) is 18.0. The molecule has 1 N–H and O–H groups in total. The summed E-state index contributed by atoms with van der Waals surface area (Å²) in [7, 11) is 0. The van der Waals surface area contributed by atoms with Crippen LogP contribution in [-0.4, -0.2) is 36.3 Å². The Morgan fingerprint density at radius 1 is 1.12 bits per heavy atom. The molecule has 168 valence electrons. The molecule has 0 aliphatic carbocycles. The smallest absolute Gasteiger partial charge is 0.408 e. The number of oxazole rings is 1. The van der Waals surface area contributed by atoms with Crippen LogP contribution in [0, 0.1) is 0 Å². The van der Waals surface area contributed by atoms with Crippen LogP contribution in [0.15, 0.2) is 63.8 Å². The summed E-state index contributed by atoms with van der Waals surface area (Å²) in [5.74, 6) is -0.971. The first-order valence-corrected chi connectivity index (χ1v) is 10.6. The molecule has 1 atom stereocenters. The quantitative estimate of drug-likeness (QED) is 0.481. The van der Waals surface area contributed by atoms with E-state index >= 15 is 0 Å². The van der Waals surface area contributed by atoms with Crippen LogP contribution in [0.3, 0.4) is 0 Å². The number of para-hydroxylation sites is 2. The maximum Gasteiger partial charge on any atom is 0.420 e. The molecular formula is C23H22N6O4. The molecule has 10 nitrogen and oxygen atoms in total. The van der Waals surface area contributed by atoms with E-state index in [-0.39, 0.29) is 24.9 Å². The first kappa shape index (κ1) is 20.7. The lowest BCUT2D eigenvalue weighted by Crippen LogP contribution is -2.42. The summed E-state index contributed by atoms with van der Waals surface area (Å²) in [5, 5.41) is 11.1. The second kappa shape index (κ2) is 8.38. The number of hydrogen-bond acceptors (Lipinski definition) is 6. The van der Waals surface area contributed by atoms with E-state index in [1.807, 2.05) is 30.3 Å². The van der Waals surface area contributed by atoms with Crippen LogP contribution in [0.25, 0.3) is 11.1 Å². The SMILES string of the molecule is CC1C(=O)N(Cc2ccccc2)Cc2c(CNC(=O)Cn3c(=O)oc4ccccc43)nnn21. The third-order valence-electron chi connectivity index (χ3n) is 5.79. The van der Waals surface area contributed by atoms with E-state index < -0.39 is 11.8 Å². The number of amides is 2. The lowest BCUT2D eigenvalue weighted by molar-refractivity contribution is -0.138. The number of benzene rings is 2. The summed E-state index contributed by atoms with van der Waals surface area (Å²) in [4.78, 5) is 39.2. The maximum atomic E-state index is 12.8. The largest absolute Gasteiger partial charge is 0.420 e. The number of fused-ring (bicyclic) bond motifs is 2. The topological polar surface area (TPSA) is 115 Å². The van der Waals surface area contributed by atoms with Crippen molar-refractivity contribution in [3.8, 4) is 0 Å². The van der Waals surface area contributed by atoms with Crippen molar-refractivity contribution in [1.82, 2.24) is 29.8 Å². The number of nitrogens with one attached hydrogen (secondary N) is 1. The summed E-state index contributed by atoms with van der Waals surface area (Å²) in [6.45, 7) is 2.59. The van der Waals surface area contributed by atoms with Crippen LogP contribution in [0.2, 0.25) is 0 Å². The number of carbonyl (C=O) groups is 2. The summed E-state index contributed by atoms with van der Waals surface area (Å²) >= 11 is 0. The van der Waals surface area contributed by atoms with Gasteiger partial charge in [0.1, 0.15) is 18.3 Å². The molecule has 1 aliphatic rings. The lowest BCUT2D eigenvalue weighted by atomic mass is 10.1. The molecule has 3 heterocycles. The molecule has 4 aromatic rings. The third-order valence-corrected chi connectivity index (χ3v) is 5.79. The predicted molar refractivity (Wildman–Crippen MR) is 118 cm³/mol. The molecule has 2 aromatic heterocycles. The van der Waals surface area contributed by atoms with E-state index in [4.69, 9.17) is 4.42 Å². The Bertz CT molecular complexity index is 1390. The first-order chi connectivity index (χ1) is 16.0. The fourth-order valence-electron chi connectivity index (χ4n) is 4.07. The fraction of sp³-hybridized carbons (Fsp3) is 0.261. The van der Waals surface area contributed by atoms with E-state index in [9.17, 15) is 14.4 Å². The van der Waals surface area contributed by atoms with E-state index in [1.165, 1.54) is 4.57 Å². The van der Waals surface area contributed by atoms with Gasteiger partial charge in [-0.25, -0.2) is 9.48 Å². The van der Waals surface area contributed by atoms with Crippen molar-refractivity contribution in [2.45, 2.75) is 39.1 Å². The molecule has 0 radical (unpaired) electrons. The molecule has 0 fully saturated rings. The zero-order chi connectivity index (χ0) is 22.9. The molecule has 0 saturated carbocycles. The van der Waals surface area contributed by atoms with Gasteiger partial charge in [-0.3, -0.25) is 14.2 Å². The number of carbonyl (C=O) groups excluding carboxylic acids is 2. The summed E-state index contributed by atoms with van der Waals surface area (Å²) in [6.07, 6.45) is 0. The molecule has 1 aliphatic heterocycles. The van der Waals surface area contributed by atoms with Crippen molar-refractivity contribution in [2.75, 3.05) is 0 Å². The van der Waals surface area contributed by atoms with Crippen molar-refractivity contribution in [3.05, 3.63) is 82.1 Å². The minimum absolute atomic E-state index is 0.0296. The van der Waals surface area contributed by atoms with E-state index in [0.29, 0.717) is 29.9 Å². The molecule has 0 bridgehead atoms. The Hall–Kier alpha value is -4.21. The lowest BCUT2D eigenvalue weighted by Gasteiger charge is -2.31. The van der Waals surface area contributed by atoms with Gasteiger partial charge in [0.2, 0.25) is 11.8 Å². The van der Waals surface area contributed by atoms with Gasteiger partial charge in [0.05, 0.1) is 24.3 Å². The van der Waals surface area contributed by atoms with E-state index in [0.717, 1.165) is 11.3 Å².